The van der Waals surface area contributed by atoms with Crippen molar-refractivity contribution in [2.24, 2.45) is 5.10 Å². The highest BCUT2D eigenvalue weighted by molar-refractivity contribution is 6.06. The molecule has 0 radical (unpaired) electrons. The van der Waals surface area contributed by atoms with E-state index < -0.39 is 4.92 Å². The van der Waals surface area contributed by atoms with E-state index >= 15 is 0 Å². The van der Waals surface area contributed by atoms with Crippen LogP contribution in [0.2, 0.25) is 0 Å². The minimum atomic E-state index is -0.484. The molecule has 2 aromatic carbocycles. The number of nitrogens with one attached hydrogen (secondary N) is 1. The third-order valence-corrected chi connectivity index (χ3v) is 5.96. The van der Waals surface area contributed by atoms with Gasteiger partial charge in [-0.2, -0.15) is 5.10 Å². The van der Waals surface area contributed by atoms with Crippen molar-refractivity contribution < 1.29 is 18.9 Å². The Hall–Kier alpha value is -4.27. The normalized spacial score (nSPS) is 13.8. The van der Waals surface area contributed by atoms with E-state index in [0.717, 1.165) is 17.5 Å². The van der Waals surface area contributed by atoms with Crippen LogP contribution in [0.25, 0.3) is 0 Å². The molecule has 0 bridgehead atoms. The summed E-state index contributed by atoms with van der Waals surface area (Å²) in [4.78, 5) is 37.4. The van der Waals surface area contributed by atoms with Crippen molar-refractivity contribution in [3.63, 3.8) is 0 Å². The monoisotopic (exact) mass is 474 g/mol. The quantitative estimate of drug-likeness (QED) is 0.407. The fraction of sp³-hybridized carbons (Fsp3) is 0.269. The fourth-order valence-corrected chi connectivity index (χ4v) is 4.18. The number of hydrogen-bond donors (Lipinski definition) is 1. The third kappa shape index (κ3) is 5.46. The van der Waals surface area contributed by atoms with Gasteiger partial charge in [0.1, 0.15) is 5.76 Å². The molecule has 1 heterocycles. The van der Waals surface area contributed by atoms with Gasteiger partial charge in [0.15, 0.2) is 5.76 Å². The summed E-state index contributed by atoms with van der Waals surface area (Å²) < 4.78 is 5.98. The molecule has 3 aromatic rings. The lowest BCUT2D eigenvalue weighted by Gasteiger charge is -2.16. The number of rotatable bonds is 7. The molecule has 0 unspecified atom stereocenters. The van der Waals surface area contributed by atoms with Gasteiger partial charge in [-0.05, 0) is 30.9 Å². The molecule has 1 aromatic heterocycles. The van der Waals surface area contributed by atoms with Crippen molar-refractivity contribution in [1.82, 2.24) is 10.3 Å². The molecule has 1 N–H and O–H groups in total. The number of amides is 2. The van der Waals surface area contributed by atoms with Crippen LogP contribution in [0.15, 0.2) is 64.1 Å². The summed E-state index contributed by atoms with van der Waals surface area (Å²) in [6.45, 7) is 2.30. The van der Waals surface area contributed by atoms with Gasteiger partial charge in [0.2, 0.25) is 5.91 Å². The lowest BCUT2D eigenvalue weighted by atomic mass is 9.93. The summed E-state index contributed by atoms with van der Waals surface area (Å²) in [6.07, 6.45) is 2.19. The number of benzene rings is 2. The van der Waals surface area contributed by atoms with Gasteiger partial charge in [0, 0.05) is 43.3 Å². The standard InChI is InChI=1S/C26H26N4O5/c1-17-24-21(27-28-23(31)15-18-11-13-20(14-12-18)30(33)34)9-6-10-22(24)35-25(17)26(32)29(2)16-19-7-4-3-5-8-19/h3-5,7-8,11-14H,6,9-10,15-16H2,1-2H3,(H,28,31)/b27-21+. The van der Waals surface area contributed by atoms with Crippen molar-refractivity contribution >= 4 is 23.2 Å². The van der Waals surface area contributed by atoms with Crippen LogP contribution in [-0.4, -0.2) is 34.4 Å². The van der Waals surface area contributed by atoms with Crippen LogP contribution in [-0.2, 0) is 24.2 Å². The van der Waals surface area contributed by atoms with E-state index in [1.165, 1.54) is 12.1 Å². The Morgan fingerprint density at radius 1 is 1.09 bits per heavy atom. The van der Waals surface area contributed by atoms with Crippen LogP contribution in [0.3, 0.4) is 0 Å². The molecule has 9 nitrogen and oxygen atoms in total. The molecule has 0 saturated heterocycles. The Morgan fingerprint density at radius 2 is 1.80 bits per heavy atom. The summed E-state index contributed by atoms with van der Waals surface area (Å²) >= 11 is 0. The number of carbonyl (C=O) groups excluding carboxylic acids is 2. The predicted molar refractivity (Wildman–Crippen MR) is 130 cm³/mol. The van der Waals surface area contributed by atoms with Crippen molar-refractivity contribution in [1.29, 1.82) is 0 Å². The fourth-order valence-electron chi connectivity index (χ4n) is 4.18. The average molecular weight is 475 g/mol. The Bertz CT molecular complexity index is 1280. The second-order valence-corrected chi connectivity index (χ2v) is 8.55. The number of aryl methyl sites for hydroxylation is 1. The first-order valence-electron chi connectivity index (χ1n) is 11.3. The highest BCUT2D eigenvalue weighted by Gasteiger charge is 2.29. The smallest absolute Gasteiger partial charge is 0.289 e. The first-order valence-corrected chi connectivity index (χ1v) is 11.3. The number of nitrogens with zero attached hydrogens (tertiary/aromatic N) is 3. The van der Waals surface area contributed by atoms with E-state index in [-0.39, 0.29) is 23.9 Å². The molecule has 1 aliphatic rings. The number of hydrogen-bond acceptors (Lipinski definition) is 6. The highest BCUT2D eigenvalue weighted by atomic mass is 16.6. The molecule has 0 spiro atoms. The van der Waals surface area contributed by atoms with Crippen molar-refractivity contribution in [3.05, 3.63) is 98.5 Å². The van der Waals surface area contributed by atoms with Gasteiger partial charge in [-0.15, -0.1) is 0 Å². The largest absolute Gasteiger partial charge is 0.455 e. The van der Waals surface area contributed by atoms with Gasteiger partial charge in [-0.1, -0.05) is 42.5 Å². The minimum absolute atomic E-state index is 0.0284. The van der Waals surface area contributed by atoms with Crippen molar-refractivity contribution in [3.8, 4) is 0 Å². The van der Waals surface area contributed by atoms with Crippen molar-refractivity contribution in [2.75, 3.05) is 7.05 Å². The number of nitro benzene ring substituents is 1. The summed E-state index contributed by atoms with van der Waals surface area (Å²) in [6, 6.07) is 15.6. The molecule has 0 saturated carbocycles. The van der Waals surface area contributed by atoms with Gasteiger partial charge in [-0.3, -0.25) is 19.7 Å². The zero-order valence-corrected chi connectivity index (χ0v) is 19.6. The zero-order valence-electron chi connectivity index (χ0n) is 19.6. The van der Waals surface area contributed by atoms with Crippen molar-refractivity contribution in [2.45, 2.75) is 39.2 Å². The molecule has 2 amide bonds. The maximum Gasteiger partial charge on any atom is 0.289 e. The number of fused-ring (bicyclic) bond motifs is 1. The zero-order chi connectivity index (χ0) is 24.9. The number of furan rings is 1. The van der Waals surface area contributed by atoms with Crippen LogP contribution >= 0.6 is 0 Å². The van der Waals surface area contributed by atoms with Gasteiger partial charge in [0.25, 0.3) is 11.6 Å². The number of nitro groups is 1. The second kappa shape index (κ2) is 10.3. The molecule has 35 heavy (non-hydrogen) atoms. The molecule has 0 aliphatic heterocycles. The maximum atomic E-state index is 13.1. The van der Waals surface area contributed by atoms with E-state index in [9.17, 15) is 19.7 Å². The first-order chi connectivity index (χ1) is 16.8. The number of carbonyl (C=O) groups is 2. The third-order valence-electron chi connectivity index (χ3n) is 5.96. The van der Waals surface area contributed by atoms with Gasteiger partial charge < -0.3 is 9.32 Å². The number of non-ortho nitro benzene ring substituents is 1. The molecular weight excluding hydrogens is 448 g/mol. The molecule has 1 aliphatic carbocycles. The van der Waals surface area contributed by atoms with E-state index in [1.807, 2.05) is 37.3 Å². The van der Waals surface area contributed by atoms with E-state index in [4.69, 9.17) is 4.42 Å². The topological polar surface area (TPSA) is 118 Å². The lowest BCUT2D eigenvalue weighted by molar-refractivity contribution is -0.384. The summed E-state index contributed by atoms with van der Waals surface area (Å²) in [5, 5.41) is 15.1. The Morgan fingerprint density at radius 3 is 2.49 bits per heavy atom. The molecule has 9 heteroatoms. The average Bonchev–Trinajstić information content (AvgIpc) is 3.20. The summed E-state index contributed by atoms with van der Waals surface area (Å²) in [5.74, 6) is 0.453. The Labute approximate surface area is 202 Å². The summed E-state index contributed by atoms with van der Waals surface area (Å²) in [5.41, 5.74) is 6.39. The van der Waals surface area contributed by atoms with Crippen LogP contribution in [0.4, 0.5) is 5.69 Å². The van der Waals surface area contributed by atoms with E-state index in [1.54, 1.807) is 24.1 Å². The molecule has 0 atom stereocenters. The van der Waals surface area contributed by atoms with Gasteiger partial charge in [-0.25, -0.2) is 5.43 Å². The van der Waals surface area contributed by atoms with Crippen LogP contribution in [0.5, 0.6) is 0 Å². The van der Waals surface area contributed by atoms with Crippen LogP contribution < -0.4 is 5.43 Å². The maximum absolute atomic E-state index is 13.1. The Balaban J connectivity index is 1.47. The minimum Gasteiger partial charge on any atom is -0.455 e. The van der Waals surface area contributed by atoms with Crippen LogP contribution in [0, 0.1) is 17.0 Å². The lowest BCUT2D eigenvalue weighted by Crippen LogP contribution is -2.26. The summed E-state index contributed by atoms with van der Waals surface area (Å²) in [7, 11) is 1.74. The Kier molecular flexibility index (Phi) is 7.05. The number of hydrazone groups is 1. The molecule has 4 rings (SSSR count). The SMILES string of the molecule is Cc1c(C(=O)N(C)Cc2ccccc2)oc2c1/C(=N/NC(=O)Cc1ccc([N+](=O)[O-])cc1)CCC2. The second-order valence-electron chi connectivity index (χ2n) is 8.55. The van der Waals surface area contributed by atoms with Crippen LogP contribution in [0.1, 0.15) is 51.4 Å². The van der Waals surface area contributed by atoms with Gasteiger partial charge >= 0.3 is 0 Å². The predicted octanol–water partition coefficient (Wildman–Crippen LogP) is 4.17. The molecule has 0 fully saturated rings. The molecular formula is C26H26N4O5. The molecule has 180 valence electrons. The van der Waals surface area contributed by atoms with Gasteiger partial charge in [0.05, 0.1) is 17.1 Å². The first kappa shape index (κ1) is 23.9. The van der Waals surface area contributed by atoms with E-state index in [2.05, 4.69) is 10.5 Å². The van der Waals surface area contributed by atoms with E-state index in [0.29, 0.717) is 47.7 Å². The highest BCUT2D eigenvalue weighted by Crippen LogP contribution is 2.30.